The van der Waals surface area contributed by atoms with Gasteiger partial charge in [-0.05, 0) is 24.6 Å². The molecule has 20 heavy (non-hydrogen) atoms. The summed E-state index contributed by atoms with van der Waals surface area (Å²) in [5, 5.41) is 2.70. The minimum atomic E-state index is -1.16. The number of ether oxygens (including phenoxy) is 1. The lowest BCUT2D eigenvalue weighted by atomic mass is 9.92. The molecule has 0 spiro atoms. The van der Waals surface area contributed by atoms with Gasteiger partial charge in [-0.15, -0.1) is 0 Å². The van der Waals surface area contributed by atoms with Gasteiger partial charge in [-0.25, -0.2) is 4.79 Å². The number of carbonyl (C=O) groups excluding carboxylic acids is 1. The highest BCUT2D eigenvalue weighted by molar-refractivity contribution is 7.41. The lowest BCUT2D eigenvalue weighted by molar-refractivity contribution is -0.0969. The molecular formula is C13H16NO5P. The summed E-state index contributed by atoms with van der Waals surface area (Å²) < 4.78 is 21.3. The predicted octanol–water partition coefficient (Wildman–Crippen LogP) is 2.83. The van der Waals surface area contributed by atoms with Crippen molar-refractivity contribution in [3.8, 4) is 0 Å². The summed E-state index contributed by atoms with van der Waals surface area (Å²) in [6.45, 7) is 3.71. The molecule has 0 saturated carbocycles. The molecule has 6 nitrogen and oxygen atoms in total. The monoisotopic (exact) mass is 297 g/mol. The number of benzene rings is 1. The molecule has 108 valence electrons. The van der Waals surface area contributed by atoms with Crippen LogP contribution in [0.5, 0.6) is 0 Å². The Morgan fingerprint density at radius 1 is 1.35 bits per heavy atom. The second-order valence-electron chi connectivity index (χ2n) is 5.11. The summed E-state index contributed by atoms with van der Waals surface area (Å²) in [4.78, 5) is 11.8. The van der Waals surface area contributed by atoms with Crippen LogP contribution in [0.25, 0.3) is 0 Å². The topological polar surface area (TPSA) is 66.0 Å². The Labute approximate surface area is 118 Å². The van der Waals surface area contributed by atoms with Crippen molar-refractivity contribution in [2.24, 2.45) is 5.41 Å². The Hall–Kier alpha value is -1.20. The first-order chi connectivity index (χ1) is 9.65. The predicted molar refractivity (Wildman–Crippen MR) is 73.4 cm³/mol. The lowest BCUT2D eigenvalue weighted by Crippen LogP contribution is -2.47. The van der Waals surface area contributed by atoms with E-state index in [9.17, 15) is 4.79 Å². The van der Waals surface area contributed by atoms with E-state index in [1.54, 1.807) is 0 Å². The lowest BCUT2D eigenvalue weighted by Gasteiger charge is -2.43. The van der Waals surface area contributed by atoms with E-state index in [-0.39, 0.29) is 12.0 Å². The Bertz CT molecular complexity index is 488. The number of hydrogen-bond acceptors (Lipinski definition) is 5. The summed E-state index contributed by atoms with van der Waals surface area (Å²) in [6.07, 6.45) is -0.483. The number of aryl methyl sites for hydroxylation is 1. The number of fused-ring (bicyclic) bond motifs is 3. The summed E-state index contributed by atoms with van der Waals surface area (Å²) >= 11 is 0. The molecule has 0 radical (unpaired) electrons. The van der Waals surface area contributed by atoms with E-state index >= 15 is 0 Å². The second-order valence-corrected chi connectivity index (χ2v) is 6.34. The van der Waals surface area contributed by atoms with Gasteiger partial charge in [0.2, 0.25) is 0 Å². The molecular weight excluding hydrogens is 281 g/mol. The van der Waals surface area contributed by atoms with Crippen LogP contribution in [0.15, 0.2) is 24.3 Å². The third-order valence-electron chi connectivity index (χ3n) is 3.20. The van der Waals surface area contributed by atoms with Gasteiger partial charge in [0.1, 0.15) is 6.61 Å². The standard InChI is InChI=1S/C13H16NO5P/c1-10-3-2-4-11(5-10)14-12(15)16-6-13-7-17-20(18-8-13)19-9-13/h2-5H,6-9H2,1H3,(H,14,15). The zero-order valence-electron chi connectivity index (χ0n) is 11.1. The molecule has 1 aromatic carbocycles. The minimum Gasteiger partial charge on any atom is -0.448 e. The van der Waals surface area contributed by atoms with Crippen molar-refractivity contribution in [1.82, 2.24) is 0 Å². The van der Waals surface area contributed by atoms with Crippen molar-refractivity contribution < 1.29 is 23.1 Å². The SMILES string of the molecule is Cc1cccc(NC(=O)OCC23COP(OC2)OC3)c1. The van der Waals surface area contributed by atoms with Gasteiger partial charge in [0.15, 0.2) is 0 Å². The highest BCUT2D eigenvalue weighted by atomic mass is 31.2. The van der Waals surface area contributed by atoms with Gasteiger partial charge in [-0.3, -0.25) is 5.32 Å². The zero-order valence-corrected chi connectivity index (χ0v) is 12.0. The van der Waals surface area contributed by atoms with Crippen LogP contribution in [0.1, 0.15) is 5.56 Å². The maximum atomic E-state index is 11.8. The van der Waals surface area contributed by atoms with Crippen LogP contribution < -0.4 is 5.32 Å². The molecule has 3 saturated heterocycles. The average Bonchev–Trinajstić information content (AvgIpc) is 2.47. The van der Waals surface area contributed by atoms with Crippen molar-refractivity contribution in [3.63, 3.8) is 0 Å². The fourth-order valence-corrected chi connectivity index (χ4v) is 3.39. The molecule has 7 heteroatoms. The molecule has 1 amide bonds. The van der Waals surface area contributed by atoms with Gasteiger partial charge >= 0.3 is 14.7 Å². The van der Waals surface area contributed by atoms with E-state index in [0.717, 1.165) is 5.56 Å². The smallest absolute Gasteiger partial charge is 0.411 e. The van der Waals surface area contributed by atoms with Gasteiger partial charge in [0, 0.05) is 5.69 Å². The molecule has 1 N–H and O–H groups in total. The number of nitrogens with one attached hydrogen (secondary N) is 1. The molecule has 2 bridgehead atoms. The summed E-state index contributed by atoms with van der Waals surface area (Å²) in [5.74, 6) is 0. The van der Waals surface area contributed by atoms with E-state index in [2.05, 4.69) is 5.32 Å². The third kappa shape index (κ3) is 3.10. The van der Waals surface area contributed by atoms with Gasteiger partial charge < -0.3 is 18.3 Å². The Balaban J connectivity index is 1.52. The van der Waals surface area contributed by atoms with Crippen LogP contribution in [0, 0.1) is 12.3 Å². The molecule has 3 aliphatic rings. The summed E-state index contributed by atoms with van der Waals surface area (Å²) in [5.41, 5.74) is 1.41. The van der Waals surface area contributed by atoms with Crippen LogP contribution in [-0.2, 0) is 18.3 Å². The van der Waals surface area contributed by atoms with Gasteiger partial charge in [0.05, 0.1) is 25.2 Å². The largest absolute Gasteiger partial charge is 0.448 e. The normalized spacial score (nSPS) is 28.1. The molecule has 0 unspecified atom stereocenters. The quantitative estimate of drug-likeness (QED) is 0.869. The van der Waals surface area contributed by atoms with E-state index in [1.807, 2.05) is 31.2 Å². The van der Waals surface area contributed by atoms with Crippen LogP contribution in [0.3, 0.4) is 0 Å². The number of rotatable bonds is 3. The van der Waals surface area contributed by atoms with E-state index in [4.69, 9.17) is 18.3 Å². The Kier molecular flexibility index (Phi) is 3.89. The molecule has 0 aromatic heterocycles. The summed E-state index contributed by atoms with van der Waals surface area (Å²) in [7, 11) is -1.16. The van der Waals surface area contributed by atoms with Crippen LogP contribution in [0.4, 0.5) is 10.5 Å². The van der Waals surface area contributed by atoms with Crippen molar-refractivity contribution in [1.29, 1.82) is 0 Å². The highest BCUT2D eigenvalue weighted by Crippen LogP contribution is 2.53. The Morgan fingerprint density at radius 3 is 2.70 bits per heavy atom. The zero-order chi connectivity index (χ0) is 14.0. The minimum absolute atomic E-state index is 0.216. The van der Waals surface area contributed by atoms with Gasteiger partial charge in [-0.2, -0.15) is 0 Å². The number of carbonyl (C=O) groups is 1. The molecule has 1 aromatic rings. The number of amides is 1. The first-order valence-electron chi connectivity index (χ1n) is 6.35. The average molecular weight is 297 g/mol. The molecule has 3 fully saturated rings. The molecule has 3 aliphatic heterocycles. The van der Waals surface area contributed by atoms with E-state index in [0.29, 0.717) is 25.5 Å². The van der Waals surface area contributed by atoms with Crippen molar-refractivity contribution in [3.05, 3.63) is 29.8 Å². The molecule has 0 aliphatic carbocycles. The summed E-state index contributed by atoms with van der Waals surface area (Å²) in [6, 6.07) is 7.53. The van der Waals surface area contributed by atoms with E-state index < -0.39 is 14.7 Å². The molecule has 4 rings (SSSR count). The van der Waals surface area contributed by atoms with Crippen LogP contribution in [0.2, 0.25) is 0 Å². The second kappa shape index (κ2) is 5.66. The third-order valence-corrected chi connectivity index (χ3v) is 4.22. The van der Waals surface area contributed by atoms with E-state index in [1.165, 1.54) is 0 Å². The maximum absolute atomic E-state index is 11.8. The van der Waals surface area contributed by atoms with Crippen molar-refractivity contribution >= 4 is 20.4 Å². The van der Waals surface area contributed by atoms with Gasteiger partial charge in [0.25, 0.3) is 0 Å². The maximum Gasteiger partial charge on any atom is 0.411 e. The first-order valence-corrected chi connectivity index (χ1v) is 7.44. The van der Waals surface area contributed by atoms with Crippen molar-refractivity contribution in [2.75, 3.05) is 31.7 Å². The molecule has 3 heterocycles. The molecule has 0 atom stereocenters. The van der Waals surface area contributed by atoms with Crippen LogP contribution >= 0.6 is 8.60 Å². The van der Waals surface area contributed by atoms with Crippen LogP contribution in [-0.4, -0.2) is 32.5 Å². The van der Waals surface area contributed by atoms with Gasteiger partial charge in [-0.1, -0.05) is 12.1 Å². The fourth-order valence-electron chi connectivity index (χ4n) is 2.03. The number of hydrogen-bond donors (Lipinski definition) is 1. The van der Waals surface area contributed by atoms with Crippen molar-refractivity contribution in [2.45, 2.75) is 6.92 Å². The number of anilines is 1. The highest BCUT2D eigenvalue weighted by Gasteiger charge is 2.45. The fraction of sp³-hybridized carbons (Fsp3) is 0.462. The Morgan fingerprint density at radius 2 is 2.05 bits per heavy atom. The first kappa shape index (κ1) is 13.8.